The maximum atomic E-state index is 3.76. The van der Waals surface area contributed by atoms with Crippen LogP contribution in [-0.2, 0) is 0 Å². The first-order valence-corrected chi connectivity index (χ1v) is 3.70. The average molecular weight is 125 g/mol. The lowest BCUT2D eigenvalue weighted by molar-refractivity contribution is 0.630. The normalized spacial score (nSPS) is 10.8. The van der Waals surface area contributed by atoms with Crippen LogP contribution >= 0.6 is 0 Å². The number of hydrogen-bond acceptors (Lipinski definition) is 0. The van der Waals surface area contributed by atoms with E-state index in [1.807, 2.05) is 6.08 Å². The zero-order chi connectivity index (χ0) is 7.28. The molecule has 0 heterocycles. The van der Waals surface area contributed by atoms with Crippen molar-refractivity contribution in [3.8, 4) is 0 Å². The first-order valence-electron chi connectivity index (χ1n) is 3.70. The summed E-state index contributed by atoms with van der Waals surface area (Å²) in [5, 5.41) is 0. The highest BCUT2D eigenvalue weighted by atomic mass is 14.1. The van der Waals surface area contributed by atoms with E-state index in [0.29, 0.717) is 5.92 Å². The molecule has 0 saturated carbocycles. The van der Waals surface area contributed by atoms with Crippen LogP contribution in [0, 0.1) is 11.8 Å². The third-order valence-corrected chi connectivity index (χ3v) is 1.54. The molecule has 0 aliphatic heterocycles. The summed E-state index contributed by atoms with van der Waals surface area (Å²) in [5.74, 6) is 2.17. The van der Waals surface area contributed by atoms with E-state index < -0.39 is 0 Å². The number of hydrogen-bond donors (Lipinski definition) is 0. The minimum atomic E-state index is 0.683. The van der Waals surface area contributed by atoms with Crippen LogP contribution in [0.3, 0.4) is 0 Å². The Kier molecular flexibility index (Phi) is 4.47. The highest BCUT2D eigenvalue weighted by molar-refractivity contribution is 5.07. The van der Waals surface area contributed by atoms with Crippen molar-refractivity contribution in [3.63, 3.8) is 0 Å². The van der Waals surface area contributed by atoms with Crippen LogP contribution in [0.4, 0.5) is 0 Å². The van der Waals surface area contributed by atoms with Crippen molar-refractivity contribution in [1.29, 1.82) is 0 Å². The summed E-state index contributed by atoms with van der Waals surface area (Å²) in [5.41, 5.74) is 0. The van der Waals surface area contributed by atoms with Crippen LogP contribution < -0.4 is 0 Å². The molecule has 0 aliphatic carbocycles. The van der Waals surface area contributed by atoms with Gasteiger partial charge in [-0.15, -0.1) is 6.58 Å². The zero-order valence-corrected chi connectivity index (χ0v) is 6.78. The first-order chi connectivity index (χ1) is 4.22. The molecule has 0 saturated heterocycles. The van der Waals surface area contributed by atoms with E-state index in [0.717, 1.165) is 0 Å². The van der Waals surface area contributed by atoms with E-state index in [-0.39, 0.29) is 0 Å². The molecule has 0 aliphatic rings. The number of rotatable bonds is 4. The smallest absolute Gasteiger partial charge is 0.000479 e. The fourth-order valence-electron chi connectivity index (χ4n) is 0.915. The predicted octanol–water partition coefficient (Wildman–Crippen LogP) is 3.20. The van der Waals surface area contributed by atoms with Crippen molar-refractivity contribution in [2.24, 2.45) is 5.92 Å². The predicted molar refractivity (Wildman–Crippen MR) is 43.2 cm³/mol. The van der Waals surface area contributed by atoms with Gasteiger partial charge in [-0.2, -0.15) is 0 Å². The Hall–Kier alpha value is -0.260. The van der Waals surface area contributed by atoms with Crippen molar-refractivity contribution in [3.05, 3.63) is 18.6 Å². The molecule has 0 fully saturated rings. The van der Waals surface area contributed by atoms with Crippen LogP contribution in [0.25, 0.3) is 0 Å². The van der Waals surface area contributed by atoms with Gasteiger partial charge in [0.15, 0.2) is 0 Å². The molecule has 1 radical (unpaired) electrons. The largest absolute Gasteiger partial charge is 0.102 e. The highest BCUT2D eigenvalue weighted by Gasteiger charge is 2.06. The van der Waals surface area contributed by atoms with E-state index in [4.69, 9.17) is 0 Å². The second-order valence-corrected chi connectivity index (χ2v) is 2.68. The van der Waals surface area contributed by atoms with Crippen LogP contribution in [0.2, 0.25) is 0 Å². The van der Waals surface area contributed by atoms with Gasteiger partial charge in [-0.1, -0.05) is 33.3 Å². The summed E-state index contributed by atoms with van der Waals surface area (Å²) in [6.45, 7) is 10.4. The monoisotopic (exact) mass is 125 g/mol. The average Bonchev–Trinajstić information content (AvgIpc) is 1.82. The molecule has 0 amide bonds. The van der Waals surface area contributed by atoms with Crippen molar-refractivity contribution in [1.82, 2.24) is 0 Å². The van der Waals surface area contributed by atoms with Gasteiger partial charge in [0.2, 0.25) is 0 Å². The Bertz CT molecular complexity index is 72.1. The zero-order valence-electron chi connectivity index (χ0n) is 6.78. The van der Waals surface area contributed by atoms with Crippen LogP contribution in [0.1, 0.15) is 33.6 Å². The van der Waals surface area contributed by atoms with Crippen molar-refractivity contribution < 1.29 is 0 Å². The van der Waals surface area contributed by atoms with Gasteiger partial charge in [-0.3, -0.25) is 0 Å². The molecule has 0 atom stereocenters. The third kappa shape index (κ3) is 3.34. The molecular formula is C9H17. The molecule has 0 aromatic heterocycles. The Labute approximate surface area is 59.0 Å². The summed E-state index contributed by atoms with van der Waals surface area (Å²) in [7, 11) is 0. The molecule has 53 valence electrons. The Balaban J connectivity index is 3.54. The SMILES string of the molecule is C=C[C](CCC)C(C)C. The second kappa shape index (κ2) is 4.60. The maximum absolute atomic E-state index is 3.76. The fraction of sp³-hybridized carbons (Fsp3) is 0.667. The van der Waals surface area contributed by atoms with Gasteiger partial charge in [0, 0.05) is 0 Å². The number of allylic oxidation sites excluding steroid dienone is 1. The van der Waals surface area contributed by atoms with Gasteiger partial charge < -0.3 is 0 Å². The molecule has 0 rings (SSSR count). The summed E-state index contributed by atoms with van der Waals surface area (Å²) in [4.78, 5) is 0. The van der Waals surface area contributed by atoms with E-state index >= 15 is 0 Å². The standard InChI is InChI=1S/C9H17/c1-5-7-9(6-2)8(3)4/h6,8H,2,5,7H2,1,3-4H3. The highest BCUT2D eigenvalue weighted by Crippen LogP contribution is 2.19. The van der Waals surface area contributed by atoms with E-state index in [1.54, 1.807) is 0 Å². The molecule has 9 heavy (non-hydrogen) atoms. The van der Waals surface area contributed by atoms with Gasteiger partial charge in [0.05, 0.1) is 0 Å². The maximum Gasteiger partial charge on any atom is -0.000479 e. The molecule has 0 spiro atoms. The van der Waals surface area contributed by atoms with Crippen LogP contribution in [0.5, 0.6) is 0 Å². The summed E-state index contributed by atoms with van der Waals surface area (Å²) >= 11 is 0. The lowest BCUT2D eigenvalue weighted by Gasteiger charge is -2.13. The summed E-state index contributed by atoms with van der Waals surface area (Å²) < 4.78 is 0. The van der Waals surface area contributed by atoms with Gasteiger partial charge in [-0.25, -0.2) is 0 Å². The van der Waals surface area contributed by atoms with E-state index in [9.17, 15) is 0 Å². The minimum absolute atomic E-state index is 0.683. The van der Waals surface area contributed by atoms with Crippen LogP contribution in [-0.4, -0.2) is 0 Å². The van der Waals surface area contributed by atoms with Crippen LogP contribution in [0.15, 0.2) is 12.7 Å². The minimum Gasteiger partial charge on any atom is -0.102 e. The third-order valence-electron chi connectivity index (χ3n) is 1.54. The lowest BCUT2D eigenvalue weighted by Crippen LogP contribution is -2.01. The van der Waals surface area contributed by atoms with Crippen molar-refractivity contribution in [2.45, 2.75) is 33.6 Å². The van der Waals surface area contributed by atoms with Crippen molar-refractivity contribution >= 4 is 0 Å². The topological polar surface area (TPSA) is 0 Å². The van der Waals surface area contributed by atoms with Gasteiger partial charge in [0.1, 0.15) is 0 Å². The second-order valence-electron chi connectivity index (χ2n) is 2.68. The fourth-order valence-corrected chi connectivity index (χ4v) is 0.915. The molecule has 0 unspecified atom stereocenters. The Morgan fingerprint density at radius 2 is 2.11 bits per heavy atom. The molecule has 0 aromatic rings. The molecule has 0 aromatic carbocycles. The Morgan fingerprint density at radius 3 is 2.22 bits per heavy atom. The summed E-state index contributed by atoms with van der Waals surface area (Å²) in [6.07, 6.45) is 4.44. The van der Waals surface area contributed by atoms with Crippen molar-refractivity contribution in [2.75, 3.05) is 0 Å². The summed E-state index contributed by atoms with van der Waals surface area (Å²) in [6, 6.07) is 0. The van der Waals surface area contributed by atoms with E-state index in [1.165, 1.54) is 18.8 Å². The van der Waals surface area contributed by atoms with Gasteiger partial charge in [0.25, 0.3) is 0 Å². The van der Waals surface area contributed by atoms with E-state index in [2.05, 4.69) is 27.4 Å². The lowest BCUT2D eigenvalue weighted by atomic mass is 9.92. The molecule has 0 heteroatoms. The molecular weight excluding hydrogens is 108 g/mol. The first kappa shape index (κ1) is 8.74. The molecule has 0 nitrogen and oxygen atoms in total. The quantitative estimate of drug-likeness (QED) is 0.541. The Morgan fingerprint density at radius 1 is 1.56 bits per heavy atom. The molecule has 0 bridgehead atoms. The van der Waals surface area contributed by atoms with Gasteiger partial charge >= 0.3 is 0 Å². The van der Waals surface area contributed by atoms with Gasteiger partial charge in [-0.05, 0) is 18.3 Å². The molecule has 0 N–H and O–H groups in total.